The Labute approximate surface area is 191 Å². The molecular formula is C26H22N2O4S. The largest absolute Gasteiger partial charge is 0.329 e. The summed E-state index contributed by atoms with van der Waals surface area (Å²) >= 11 is 0. The van der Waals surface area contributed by atoms with Crippen LogP contribution in [0.1, 0.15) is 29.2 Å². The molecule has 1 saturated carbocycles. The number of fused-ring (bicyclic) bond motifs is 1. The van der Waals surface area contributed by atoms with E-state index >= 15 is 0 Å². The van der Waals surface area contributed by atoms with E-state index in [-0.39, 0.29) is 33.8 Å². The molecule has 2 aromatic carbocycles. The Hall–Kier alpha value is -3.58. The molecule has 5 rings (SSSR count). The van der Waals surface area contributed by atoms with Gasteiger partial charge in [-0.1, -0.05) is 30.3 Å². The molecule has 7 heteroatoms. The molecule has 33 heavy (non-hydrogen) atoms. The van der Waals surface area contributed by atoms with E-state index in [1.165, 1.54) is 0 Å². The van der Waals surface area contributed by atoms with Gasteiger partial charge in [0.05, 0.1) is 16.3 Å². The maximum absolute atomic E-state index is 12.8. The summed E-state index contributed by atoms with van der Waals surface area (Å²) in [5.74, 6) is 0.0789. The van der Waals surface area contributed by atoms with Crippen molar-refractivity contribution in [3.05, 3.63) is 106 Å². The number of hydrogen-bond donors (Lipinski definition) is 1. The summed E-state index contributed by atoms with van der Waals surface area (Å²) in [6.07, 6.45) is 4.27. The number of carbonyl (C=O) groups is 1. The number of sulfone groups is 1. The Balaban J connectivity index is 1.25. The van der Waals surface area contributed by atoms with Gasteiger partial charge in [-0.25, -0.2) is 8.42 Å². The zero-order valence-electron chi connectivity index (χ0n) is 17.8. The smallest absolute Gasteiger partial charge is 0.255 e. The Morgan fingerprint density at radius 1 is 1.03 bits per heavy atom. The number of nitrogens with one attached hydrogen (secondary N) is 1. The molecule has 2 aromatic heterocycles. The highest BCUT2D eigenvalue weighted by atomic mass is 32.2. The SMILES string of the molecule is O=C(Cc1ccc2c(=O)[nH]ccc2c1)C1CC1c1ccc(S(=O)(=O)Cc2ccccn2)cc1. The number of H-pyrrole nitrogens is 1. The lowest BCUT2D eigenvalue weighted by Gasteiger charge is -2.06. The summed E-state index contributed by atoms with van der Waals surface area (Å²) in [6, 6.07) is 19.4. The molecule has 2 atom stereocenters. The van der Waals surface area contributed by atoms with Crippen LogP contribution < -0.4 is 5.56 Å². The van der Waals surface area contributed by atoms with E-state index in [1.54, 1.807) is 48.8 Å². The maximum Gasteiger partial charge on any atom is 0.255 e. The first kappa shape index (κ1) is 21.3. The third-order valence-corrected chi connectivity index (χ3v) is 7.82. The van der Waals surface area contributed by atoms with Crippen LogP contribution in [0.5, 0.6) is 0 Å². The average Bonchev–Trinajstić information content (AvgIpc) is 3.61. The van der Waals surface area contributed by atoms with Crippen LogP contribution in [-0.4, -0.2) is 24.2 Å². The first-order valence-electron chi connectivity index (χ1n) is 10.8. The quantitative estimate of drug-likeness (QED) is 0.454. The molecule has 0 radical (unpaired) electrons. The number of hydrogen-bond acceptors (Lipinski definition) is 5. The van der Waals surface area contributed by atoms with Gasteiger partial charge in [-0.15, -0.1) is 0 Å². The van der Waals surface area contributed by atoms with E-state index in [0.717, 1.165) is 22.9 Å². The second kappa shape index (κ2) is 8.41. The first-order chi connectivity index (χ1) is 15.9. The number of carbonyl (C=O) groups excluding carboxylic acids is 1. The number of Topliss-reactive ketones (excluding diaryl/α,β-unsaturated/α-hetero) is 1. The second-order valence-electron chi connectivity index (χ2n) is 8.47. The van der Waals surface area contributed by atoms with E-state index in [2.05, 4.69) is 9.97 Å². The van der Waals surface area contributed by atoms with Crippen LogP contribution in [-0.2, 0) is 26.8 Å². The summed E-state index contributed by atoms with van der Waals surface area (Å²) in [4.78, 5) is 31.7. The lowest BCUT2D eigenvalue weighted by Crippen LogP contribution is -2.08. The average molecular weight is 459 g/mol. The van der Waals surface area contributed by atoms with Crippen molar-refractivity contribution in [2.75, 3.05) is 0 Å². The minimum Gasteiger partial charge on any atom is -0.329 e. The van der Waals surface area contributed by atoms with E-state index in [9.17, 15) is 18.0 Å². The molecule has 2 unspecified atom stereocenters. The lowest BCUT2D eigenvalue weighted by molar-refractivity contribution is -0.119. The standard InChI is InChI=1S/C26H22N2O4S/c29-25(14-17-4-9-22-19(13-17)10-12-28-26(22)30)24-15-23(24)18-5-7-21(8-6-18)33(31,32)16-20-3-1-2-11-27-20/h1-13,23-24H,14-16H2,(H,28,30). The molecule has 0 saturated heterocycles. The van der Waals surface area contributed by atoms with Gasteiger partial charge in [-0.2, -0.15) is 0 Å². The van der Waals surface area contributed by atoms with Crippen LogP contribution in [0.2, 0.25) is 0 Å². The minimum atomic E-state index is -3.48. The van der Waals surface area contributed by atoms with Gasteiger partial charge in [0.15, 0.2) is 9.84 Å². The van der Waals surface area contributed by atoms with Crippen LogP contribution in [0.3, 0.4) is 0 Å². The number of aromatic amines is 1. The number of nitrogens with zero attached hydrogens (tertiary/aromatic N) is 1. The van der Waals surface area contributed by atoms with Crippen LogP contribution >= 0.6 is 0 Å². The summed E-state index contributed by atoms with van der Waals surface area (Å²) in [6.45, 7) is 0. The van der Waals surface area contributed by atoms with Crippen molar-refractivity contribution in [3.63, 3.8) is 0 Å². The molecule has 0 amide bonds. The van der Waals surface area contributed by atoms with Crippen molar-refractivity contribution in [1.82, 2.24) is 9.97 Å². The molecule has 4 aromatic rings. The fourth-order valence-corrected chi connectivity index (χ4v) is 5.56. The zero-order chi connectivity index (χ0) is 23.0. The molecule has 166 valence electrons. The van der Waals surface area contributed by atoms with Gasteiger partial charge in [0.25, 0.3) is 5.56 Å². The van der Waals surface area contributed by atoms with Crippen molar-refractivity contribution in [3.8, 4) is 0 Å². The number of rotatable bonds is 7. The molecule has 1 N–H and O–H groups in total. The van der Waals surface area contributed by atoms with Crippen molar-refractivity contribution >= 4 is 26.4 Å². The summed E-state index contributed by atoms with van der Waals surface area (Å²) in [7, 11) is -3.48. The van der Waals surface area contributed by atoms with Crippen LogP contribution in [0.4, 0.5) is 0 Å². The van der Waals surface area contributed by atoms with Crippen LogP contribution in [0.15, 0.2) is 88.8 Å². The number of ketones is 1. The molecule has 1 aliphatic rings. The van der Waals surface area contributed by atoms with Crippen molar-refractivity contribution in [1.29, 1.82) is 0 Å². The Kier molecular flexibility index (Phi) is 5.42. The van der Waals surface area contributed by atoms with Crippen molar-refractivity contribution < 1.29 is 13.2 Å². The molecule has 0 aliphatic heterocycles. The molecule has 1 aliphatic carbocycles. The van der Waals surface area contributed by atoms with E-state index in [1.807, 2.05) is 30.3 Å². The predicted octanol–water partition coefficient (Wildman–Crippen LogP) is 3.81. The van der Waals surface area contributed by atoms with Gasteiger partial charge < -0.3 is 4.98 Å². The zero-order valence-corrected chi connectivity index (χ0v) is 18.6. The third-order valence-electron chi connectivity index (χ3n) is 6.15. The van der Waals surface area contributed by atoms with Gasteiger partial charge in [-0.3, -0.25) is 14.6 Å². The summed E-state index contributed by atoms with van der Waals surface area (Å²) < 4.78 is 25.3. The van der Waals surface area contributed by atoms with Gasteiger partial charge in [-0.05, 0) is 65.3 Å². The molecular weight excluding hydrogens is 436 g/mol. The van der Waals surface area contributed by atoms with E-state index in [0.29, 0.717) is 17.5 Å². The van der Waals surface area contributed by atoms with Crippen LogP contribution in [0, 0.1) is 5.92 Å². The fourth-order valence-electron chi connectivity index (χ4n) is 4.29. The molecule has 0 spiro atoms. The maximum atomic E-state index is 12.8. The monoisotopic (exact) mass is 458 g/mol. The number of aromatic nitrogens is 2. The van der Waals surface area contributed by atoms with Crippen LogP contribution in [0.25, 0.3) is 10.8 Å². The van der Waals surface area contributed by atoms with Crippen molar-refractivity contribution in [2.45, 2.75) is 29.4 Å². The van der Waals surface area contributed by atoms with Gasteiger partial charge in [0, 0.05) is 30.1 Å². The summed E-state index contributed by atoms with van der Waals surface area (Å²) in [5, 5.41) is 1.43. The molecule has 0 bridgehead atoms. The van der Waals surface area contributed by atoms with Gasteiger partial charge in [0.1, 0.15) is 5.78 Å². The topological polar surface area (TPSA) is 97.0 Å². The highest BCUT2D eigenvalue weighted by Gasteiger charge is 2.43. The minimum absolute atomic E-state index is 0.0594. The summed E-state index contributed by atoms with van der Waals surface area (Å²) in [5.41, 5.74) is 2.24. The van der Waals surface area contributed by atoms with E-state index < -0.39 is 9.84 Å². The highest BCUT2D eigenvalue weighted by Crippen LogP contribution is 2.48. The molecule has 6 nitrogen and oxygen atoms in total. The Morgan fingerprint density at radius 2 is 1.85 bits per heavy atom. The Morgan fingerprint density at radius 3 is 2.61 bits per heavy atom. The predicted molar refractivity (Wildman–Crippen MR) is 126 cm³/mol. The normalized spacial score (nSPS) is 17.7. The number of benzene rings is 2. The van der Waals surface area contributed by atoms with Gasteiger partial charge in [0.2, 0.25) is 0 Å². The number of pyridine rings is 2. The lowest BCUT2D eigenvalue weighted by atomic mass is 10.0. The third kappa shape index (κ3) is 4.50. The first-order valence-corrected chi connectivity index (χ1v) is 12.4. The highest BCUT2D eigenvalue weighted by molar-refractivity contribution is 7.90. The Bertz CT molecular complexity index is 1490. The molecule has 1 fully saturated rings. The molecule has 2 heterocycles. The fraction of sp³-hybridized carbons (Fsp3) is 0.192. The van der Waals surface area contributed by atoms with Crippen molar-refractivity contribution in [2.24, 2.45) is 5.92 Å². The van der Waals surface area contributed by atoms with E-state index in [4.69, 9.17) is 0 Å². The second-order valence-corrected chi connectivity index (χ2v) is 10.5. The van der Waals surface area contributed by atoms with Gasteiger partial charge >= 0.3 is 0 Å².